The van der Waals surface area contributed by atoms with Gasteiger partial charge in [-0.15, -0.1) is 0 Å². The third kappa shape index (κ3) is 23.6. The lowest BCUT2D eigenvalue weighted by Gasteiger charge is -2.28. The molecule has 0 aromatic rings. The van der Waals surface area contributed by atoms with Crippen LogP contribution >= 0.6 is 0 Å². The number of hydrogen-bond acceptors (Lipinski definition) is 10. The summed E-state index contributed by atoms with van der Waals surface area (Å²) in [6.07, 6.45) is 1.59. The van der Waals surface area contributed by atoms with Crippen molar-refractivity contribution >= 4 is 6.29 Å². The van der Waals surface area contributed by atoms with Crippen LogP contribution in [-0.2, 0) is 42.7 Å². The summed E-state index contributed by atoms with van der Waals surface area (Å²) in [6.45, 7) is 8.83. The second kappa shape index (κ2) is 25.3. The third-order valence-corrected chi connectivity index (χ3v) is 4.06. The van der Waals surface area contributed by atoms with E-state index in [0.29, 0.717) is 99.0 Å². The smallest absolute Gasteiger partial charge is 0.145 e. The Kier molecular flexibility index (Phi) is 24.3. The van der Waals surface area contributed by atoms with Gasteiger partial charge in [0.05, 0.1) is 79.3 Å². The molecule has 0 bridgehead atoms. The minimum absolute atomic E-state index is 0.0336. The van der Waals surface area contributed by atoms with Crippen LogP contribution in [0, 0.1) is 5.41 Å². The fourth-order valence-corrected chi connectivity index (χ4v) is 2.45. The molecule has 1 unspecified atom stereocenters. The Morgan fingerprint density at radius 3 is 1.73 bits per heavy atom. The van der Waals surface area contributed by atoms with Crippen LogP contribution in [0.2, 0.25) is 0 Å². The number of hydrogen-bond donors (Lipinski definition) is 0. The van der Waals surface area contributed by atoms with Gasteiger partial charge in [0, 0.05) is 37.2 Å². The molecule has 0 aliphatic heterocycles. The van der Waals surface area contributed by atoms with Gasteiger partial charge in [0.1, 0.15) is 12.9 Å². The number of carbonyl (C=O) groups excluding carboxylic acids is 1. The summed E-state index contributed by atoms with van der Waals surface area (Å²) in [7, 11) is 1.67. The van der Waals surface area contributed by atoms with E-state index >= 15 is 0 Å². The fraction of sp³-hybridized carbons (Fsp3) is 0.952. The number of azide groups is 1. The van der Waals surface area contributed by atoms with E-state index in [1.165, 1.54) is 0 Å². The average molecular weight is 480 g/mol. The zero-order chi connectivity index (χ0) is 24.3. The van der Waals surface area contributed by atoms with Crippen LogP contribution in [-0.4, -0.2) is 119 Å². The number of rotatable bonds is 27. The summed E-state index contributed by atoms with van der Waals surface area (Å²) in [6, 6.07) is 0. The molecule has 33 heavy (non-hydrogen) atoms. The molecule has 12 heteroatoms. The molecule has 0 fully saturated rings. The fourth-order valence-electron chi connectivity index (χ4n) is 2.45. The van der Waals surface area contributed by atoms with Crippen LogP contribution in [0.1, 0.15) is 13.3 Å². The standard InChI is InChI=1S/C21H41N3O9/c1-21(18-31-9-5-25,19-32-16-14-29-12-10-27-7-3-6-26-2)20-33-17-15-30-13-11-28-8-4-23-24-22/h5H,3-4,6-20H2,1-2H3. The maximum atomic E-state index is 10.5. The van der Waals surface area contributed by atoms with Crippen molar-refractivity contribution in [3.05, 3.63) is 10.4 Å². The Morgan fingerprint density at radius 1 is 0.727 bits per heavy atom. The maximum Gasteiger partial charge on any atom is 0.145 e. The third-order valence-electron chi connectivity index (χ3n) is 4.06. The molecule has 0 radical (unpaired) electrons. The Bertz CT molecular complexity index is 482. The highest BCUT2D eigenvalue weighted by molar-refractivity contribution is 5.50. The SMILES string of the molecule is COCCCOCCOCCOCC(C)(COCC=O)COCCOCCOCCN=[N+]=[N-]. The van der Waals surface area contributed by atoms with E-state index in [9.17, 15) is 4.79 Å². The highest BCUT2D eigenvalue weighted by Crippen LogP contribution is 2.18. The molecular weight excluding hydrogens is 438 g/mol. The van der Waals surface area contributed by atoms with Gasteiger partial charge in [-0.3, -0.25) is 0 Å². The van der Waals surface area contributed by atoms with Gasteiger partial charge in [-0.05, 0) is 12.0 Å². The molecule has 0 rings (SSSR count). The van der Waals surface area contributed by atoms with E-state index in [0.717, 1.165) is 12.7 Å². The first kappa shape index (κ1) is 31.7. The number of aldehydes is 1. The predicted octanol–water partition coefficient (Wildman–Crippen LogP) is 1.65. The van der Waals surface area contributed by atoms with Crippen LogP contribution in [0.25, 0.3) is 10.4 Å². The molecule has 12 nitrogen and oxygen atoms in total. The van der Waals surface area contributed by atoms with Crippen molar-refractivity contribution in [2.75, 3.05) is 113 Å². The molecule has 194 valence electrons. The highest BCUT2D eigenvalue weighted by atomic mass is 16.6. The molecular formula is C21H41N3O9. The highest BCUT2D eigenvalue weighted by Gasteiger charge is 2.26. The lowest BCUT2D eigenvalue weighted by Crippen LogP contribution is -2.35. The van der Waals surface area contributed by atoms with Gasteiger partial charge < -0.3 is 42.7 Å². The first-order chi connectivity index (χ1) is 16.2. The summed E-state index contributed by atoms with van der Waals surface area (Å²) in [5.41, 5.74) is 7.75. The summed E-state index contributed by atoms with van der Waals surface area (Å²) < 4.78 is 43.4. The van der Waals surface area contributed by atoms with Gasteiger partial charge in [0.15, 0.2) is 0 Å². The maximum absolute atomic E-state index is 10.5. The molecule has 0 saturated heterocycles. The normalized spacial score (nSPS) is 12.9. The van der Waals surface area contributed by atoms with Gasteiger partial charge >= 0.3 is 0 Å². The van der Waals surface area contributed by atoms with Crippen LogP contribution in [0.4, 0.5) is 0 Å². The van der Waals surface area contributed by atoms with E-state index in [1.807, 2.05) is 6.92 Å². The van der Waals surface area contributed by atoms with Gasteiger partial charge in [-0.1, -0.05) is 12.0 Å². The zero-order valence-corrected chi connectivity index (χ0v) is 20.1. The molecule has 0 spiro atoms. The van der Waals surface area contributed by atoms with Crippen molar-refractivity contribution in [1.29, 1.82) is 0 Å². The number of ether oxygens (including phenoxy) is 8. The molecule has 0 aliphatic carbocycles. The van der Waals surface area contributed by atoms with Gasteiger partial charge in [-0.2, -0.15) is 0 Å². The molecule has 0 amide bonds. The quantitative estimate of drug-likeness (QED) is 0.0565. The van der Waals surface area contributed by atoms with Crippen molar-refractivity contribution in [3.8, 4) is 0 Å². The summed E-state index contributed by atoms with van der Waals surface area (Å²) in [5.74, 6) is 0. The summed E-state index contributed by atoms with van der Waals surface area (Å²) in [4.78, 5) is 13.2. The minimum atomic E-state index is -0.405. The van der Waals surface area contributed by atoms with E-state index in [2.05, 4.69) is 10.0 Å². The van der Waals surface area contributed by atoms with Crippen LogP contribution < -0.4 is 0 Å². The monoisotopic (exact) mass is 479 g/mol. The Balaban J connectivity index is 3.82. The lowest BCUT2D eigenvalue weighted by atomic mass is 9.94. The Hall–Kier alpha value is -1.34. The molecule has 1 atom stereocenters. The van der Waals surface area contributed by atoms with E-state index in [-0.39, 0.29) is 6.61 Å². The summed E-state index contributed by atoms with van der Waals surface area (Å²) >= 11 is 0. The van der Waals surface area contributed by atoms with Crippen LogP contribution in [0.15, 0.2) is 5.11 Å². The van der Waals surface area contributed by atoms with Crippen molar-refractivity contribution in [2.24, 2.45) is 10.5 Å². The second-order valence-corrected chi connectivity index (χ2v) is 7.35. The average Bonchev–Trinajstić information content (AvgIpc) is 2.81. The number of nitrogens with zero attached hydrogens (tertiary/aromatic N) is 3. The van der Waals surface area contributed by atoms with Gasteiger partial charge in [-0.25, -0.2) is 0 Å². The molecule has 0 saturated carbocycles. The minimum Gasteiger partial charge on any atom is -0.385 e. The topological polar surface area (TPSA) is 140 Å². The van der Waals surface area contributed by atoms with Crippen molar-refractivity contribution in [2.45, 2.75) is 13.3 Å². The molecule has 0 heterocycles. The first-order valence-electron chi connectivity index (χ1n) is 11.2. The summed E-state index contributed by atoms with van der Waals surface area (Å²) in [5, 5.41) is 3.37. The van der Waals surface area contributed by atoms with E-state index < -0.39 is 5.41 Å². The lowest BCUT2D eigenvalue weighted by molar-refractivity contribution is -0.116. The second-order valence-electron chi connectivity index (χ2n) is 7.35. The van der Waals surface area contributed by atoms with E-state index in [4.69, 9.17) is 43.4 Å². The van der Waals surface area contributed by atoms with Crippen molar-refractivity contribution in [1.82, 2.24) is 0 Å². The largest absolute Gasteiger partial charge is 0.385 e. The van der Waals surface area contributed by atoms with Gasteiger partial charge in [0.25, 0.3) is 0 Å². The van der Waals surface area contributed by atoms with Crippen molar-refractivity contribution < 1.29 is 42.7 Å². The number of carbonyl (C=O) groups is 1. The Morgan fingerprint density at radius 2 is 1.21 bits per heavy atom. The zero-order valence-electron chi connectivity index (χ0n) is 20.1. The number of methoxy groups -OCH3 is 1. The van der Waals surface area contributed by atoms with Crippen LogP contribution in [0.5, 0.6) is 0 Å². The molecule has 0 N–H and O–H groups in total. The molecule has 0 aromatic carbocycles. The van der Waals surface area contributed by atoms with Crippen LogP contribution in [0.3, 0.4) is 0 Å². The predicted molar refractivity (Wildman–Crippen MR) is 120 cm³/mol. The first-order valence-corrected chi connectivity index (χ1v) is 11.2. The molecule has 0 aliphatic rings. The van der Waals surface area contributed by atoms with Gasteiger partial charge in [0.2, 0.25) is 0 Å². The van der Waals surface area contributed by atoms with Crippen molar-refractivity contribution in [3.63, 3.8) is 0 Å². The Labute approximate surface area is 196 Å². The van der Waals surface area contributed by atoms with E-state index in [1.54, 1.807) is 7.11 Å². The molecule has 0 aromatic heterocycles.